The molecule has 11 nitrogen and oxygen atoms in total. The van der Waals surface area contributed by atoms with Crippen LogP contribution in [-0.2, 0) is 25.5 Å². The number of thioether (sulfide) groups is 1. The molecule has 0 aliphatic rings. The number of nitrogens with zero attached hydrogens (tertiary/aromatic N) is 1. The van der Waals surface area contributed by atoms with Crippen LogP contribution in [0.2, 0.25) is 0 Å². The van der Waals surface area contributed by atoms with E-state index >= 15 is 0 Å². The molecule has 4 aromatic rings. The fourth-order valence-electron chi connectivity index (χ4n) is 4.37. The summed E-state index contributed by atoms with van der Waals surface area (Å²) in [4.78, 5) is 56.7. The summed E-state index contributed by atoms with van der Waals surface area (Å²) in [5.74, 6) is -0.634. The van der Waals surface area contributed by atoms with Gasteiger partial charge in [0.1, 0.15) is 17.2 Å². The van der Waals surface area contributed by atoms with Gasteiger partial charge in [-0.05, 0) is 68.0 Å². The minimum atomic E-state index is -0.571. The van der Waals surface area contributed by atoms with Gasteiger partial charge in [0.25, 0.3) is 11.8 Å². The number of esters is 1. The molecule has 3 N–H and O–H groups in total. The van der Waals surface area contributed by atoms with Crippen molar-refractivity contribution in [1.82, 2.24) is 10.3 Å². The van der Waals surface area contributed by atoms with E-state index in [0.717, 1.165) is 4.90 Å². The Morgan fingerprint density at radius 3 is 2.44 bits per heavy atom. The van der Waals surface area contributed by atoms with Crippen LogP contribution in [-0.4, -0.2) is 54.8 Å². The van der Waals surface area contributed by atoms with Crippen molar-refractivity contribution in [2.75, 3.05) is 31.5 Å². The van der Waals surface area contributed by atoms with Gasteiger partial charge in [0.05, 0.1) is 38.2 Å². The van der Waals surface area contributed by atoms with Crippen LogP contribution < -0.4 is 25.4 Å². The largest absolute Gasteiger partial charge is 0.497 e. The highest BCUT2D eigenvalue weighted by atomic mass is 32.2. The van der Waals surface area contributed by atoms with E-state index in [9.17, 15) is 19.2 Å². The summed E-state index contributed by atoms with van der Waals surface area (Å²) in [6.07, 6.45) is 2.07. The minimum absolute atomic E-state index is 0.0231. The highest BCUT2D eigenvalue weighted by Crippen LogP contribution is 2.30. The van der Waals surface area contributed by atoms with Crippen molar-refractivity contribution < 1.29 is 33.4 Å². The van der Waals surface area contributed by atoms with Gasteiger partial charge in [0, 0.05) is 27.1 Å². The summed E-state index contributed by atoms with van der Waals surface area (Å²) in [5, 5.41) is 10.1. The molecule has 1 heterocycles. The first-order valence-electron chi connectivity index (χ1n) is 15.0. The Hall–Kier alpha value is -5.14. The lowest BCUT2D eigenvalue weighted by atomic mass is 10.1. The maximum absolute atomic E-state index is 13.7. The second kappa shape index (κ2) is 17.7. The molecule has 1 unspecified atom stereocenters. The van der Waals surface area contributed by atoms with E-state index in [2.05, 4.69) is 20.9 Å². The fourth-order valence-corrected chi connectivity index (χ4v) is 6.10. The number of nitrogens with one attached hydrogen (secondary N) is 3. The summed E-state index contributed by atoms with van der Waals surface area (Å²) < 4.78 is 15.8. The number of methoxy groups -OCH3 is 2. The monoisotopic (exact) mass is 688 g/mol. The van der Waals surface area contributed by atoms with Crippen LogP contribution in [0.15, 0.2) is 88.8 Å². The summed E-state index contributed by atoms with van der Waals surface area (Å²) >= 11 is 2.57. The molecule has 3 aromatic carbocycles. The predicted molar refractivity (Wildman–Crippen MR) is 188 cm³/mol. The van der Waals surface area contributed by atoms with Crippen LogP contribution >= 0.6 is 23.1 Å². The molecule has 0 saturated carbocycles. The van der Waals surface area contributed by atoms with Gasteiger partial charge in [0.15, 0.2) is 5.13 Å². The smallest absolute Gasteiger partial charge is 0.311 e. The number of benzene rings is 3. The van der Waals surface area contributed by atoms with E-state index in [0.29, 0.717) is 45.6 Å². The van der Waals surface area contributed by atoms with Gasteiger partial charge in [0.2, 0.25) is 5.91 Å². The van der Waals surface area contributed by atoms with Crippen molar-refractivity contribution in [2.45, 2.75) is 36.8 Å². The van der Waals surface area contributed by atoms with Gasteiger partial charge in [-0.25, -0.2) is 4.98 Å². The maximum atomic E-state index is 13.7. The number of hydrogen-bond donors (Lipinski definition) is 3. The number of aromatic nitrogens is 1. The molecule has 0 bridgehead atoms. The molecule has 250 valence electrons. The van der Waals surface area contributed by atoms with Crippen molar-refractivity contribution in [3.05, 3.63) is 101 Å². The highest BCUT2D eigenvalue weighted by molar-refractivity contribution is 8.00. The highest BCUT2D eigenvalue weighted by Gasteiger charge is 2.21. The average Bonchev–Trinajstić information content (AvgIpc) is 3.53. The molecule has 0 aliphatic heterocycles. The Labute approximate surface area is 287 Å². The van der Waals surface area contributed by atoms with Crippen molar-refractivity contribution in [3.8, 4) is 11.5 Å². The Kier molecular flexibility index (Phi) is 13.2. The number of hydrogen-bond acceptors (Lipinski definition) is 10. The SMILES string of the molecule is CCOC(=O)Cc1csc(NC(=O)C(CC)Sc2cccc(NC(=O)/C(=C\c3cc(OC)ccc3OC)NC(=O)c3ccccc3)c2)n1. The van der Waals surface area contributed by atoms with Crippen LogP contribution in [0, 0.1) is 0 Å². The lowest BCUT2D eigenvalue weighted by molar-refractivity contribution is -0.142. The lowest BCUT2D eigenvalue weighted by Crippen LogP contribution is -2.30. The van der Waals surface area contributed by atoms with Gasteiger partial charge in [-0.1, -0.05) is 31.2 Å². The third-order valence-electron chi connectivity index (χ3n) is 6.71. The maximum Gasteiger partial charge on any atom is 0.311 e. The molecular weight excluding hydrogens is 653 g/mol. The fraction of sp³-hybridized carbons (Fsp3) is 0.229. The Morgan fingerprint density at radius 2 is 1.73 bits per heavy atom. The van der Waals surface area contributed by atoms with E-state index in [4.69, 9.17) is 14.2 Å². The van der Waals surface area contributed by atoms with Crippen molar-refractivity contribution in [1.29, 1.82) is 0 Å². The Balaban J connectivity index is 1.50. The minimum Gasteiger partial charge on any atom is -0.497 e. The molecule has 3 amide bonds. The molecule has 48 heavy (non-hydrogen) atoms. The Bertz CT molecular complexity index is 1780. The molecule has 0 fully saturated rings. The van der Waals surface area contributed by atoms with Crippen LogP contribution in [0.3, 0.4) is 0 Å². The van der Waals surface area contributed by atoms with E-state index in [1.54, 1.807) is 79.0 Å². The van der Waals surface area contributed by atoms with E-state index in [1.165, 1.54) is 43.4 Å². The summed E-state index contributed by atoms with van der Waals surface area (Å²) in [6, 6.07) is 20.8. The van der Waals surface area contributed by atoms with E-state index in [1.807, 2.05) is 13.0 Å². The van der Waals surface area contributed by atoms with Crippen LogP contribution in [0.5, 0.6) is 11.5 Å². The zero-order valence-corrected chi connectivity index (χ0v) is 28.5. The second-order valence-electron chi connectivity index (χ2n) is 10.1. The molecule has 1 aromatic heterocycles. The molecule has 0 spiro atoms. The third-order valence-corrected chi connectivity index (χ3v) is 8.88. The number of ether oxygens (including phenoxy) is 3. The molecule has 0 saturated heterocycles. The lowest BCUT2D eigenvalue weighted by Gasteiger charge is -2.15. The normalized spacial score (nSPS) is 11.6. The standard InChI is InChI=1S/C35H36N4O7S2/c1-5-30(34(43)39-35-37-25(21-47-35)20-31(40)46-6-2)48-27-14-10-13-24(19-27)36-33(42)28(38-32(41)22-11-8-7-9-12-22)18-23-17-26(44-3)15-16-29(23)45-4/h7-19,21,30H,5-6,20H2,1-4H3,(H,36,42)(H,38,41)(H,37,39,43)/b28-18+. The molecule has 4 rings (SSSR count). The first kappa shape index (κ1) is 35.7. The number of anilines is 2. The summed E-state index contributed by atoms with van der Waals surface area (Å²) in [7, 11) is 3.04. The van der Waals surface area contributed by atoms with E-state index < -0.39 is 17.1 Å². The average molecular weight is 689 g/mol. The summed E-state index contributed by atoms with van der Waals surface area (Å²) in [6.45, 7) is 3.92. The van der Waals surface area contributed by atoms with Gasteiger partial charge in [-0.3, -0.25) is 19.2 Å². The number of carbonyl (C=O) groups is 4. The molecule has 1 atom stereocenters. The zero-order valence-electron chi connectivity index (χ0n) is 26.9. The molecular formula is C35H36N4O7S2. The number of amides is 3. The van der Waals surface area contributed by atoms with Gasteiger partial charge in [-0.15, -0.1) is 23.1 Å². The van der Waals surface area contributed by atoms with Gasteiger partial charge < -0.3 is 30.2 Å². The third kappa shape index (κ3) is 10.2. The van der Waals surface area contributed by atoms with E-state index in [-0.39, 0.29) is 30.6 Å². The Morgan fingerprint density at radius 1 is 0.938 bits per heavy atom. The summed E-state index contributed by atoms with van der Waals surface area (Å²) in [5.41, 5.74) is 1.86. The zero-order chi connectivity index (χ0) is 34.5. The number of carbonyl (C=O) groups excluding carboxylic acids is 4. The second-order valence-corrected chi connectivity index (χ2v) is 12.2. The molecule has 0 radical (unpaired) electrons. The quantitative estimate of drug-likeness (QED) is 0.0757. The van der Waals surface area contributed by atoms with Crippen LogP contribution in [0.1, 0.15) is 41.9 Å². The first-order valence-corrected chi connectivity index (χ1v) is 16.8. The molecule has 13 heteroatoms. The van der Waals surface area contributed by atoms with Crippen molar-refractivity contribution >= 4 is 63.7 Å². The molecule has 0 aliphatic carbocycles. The number of rotatable bonds is 15. The van der Waals surface area contributed by atoms with Crippen LogP contribution in [0.4, 0.5) is 10.8 Å². The predicted octanol–water partition coefficient (Wildman–Crippen LogP) is 6.18. The van der Waals surface area contributed by atoms with Crippen molar-refractivity contribution in [2.24, 2.45) is 0 Å². The number of thiazole rings is 1. The topological polar surface area (TPSA) is 145 Å². The van der Waals surface area contributed by atoms with Gasteiger partial charge >= 0.3 is 5.97 Å². The van der Waals surface area contributed by atoms with Gasteiger partial charge in [-0.2, -0.15) is 0 Å². The first-order chi connectivity index (χ1) is 23.2. The van der Waals surface area contributed by atoms with Crippen molar-refractivity contribution in [3.63, 3.8) is 0 Å². The van der Waals surface area contributed by atoms with Crippen LogP contribution in [0.25, 0.3) is 6.08 Å².